The van der Waals surface area contributed by atoms with E-state index < -0.39 is 0 Å². The van der Waals surface area contributed by atoms with Gasteiger partial charge in [0.25, 0.3) is 5.91 Å². The Morgan fingerprint density at radius 1 is 1.17 bits per heavy atom. The zero-order chi connectivity index (χ0) is 21.7. The van der Waals surface area contributed by atoms with Gasteiger partial charge in [0.15, 0.2) is 6.54 Å². The van der Waals surface area contributed by atoms with E-state index in [1.165, 1.54) is 0 Å². The van der Waals surface area contributed by atoms with Crippen LogP contribution >= 0.6 is 0 Å². The second-order valence-corrected chi connectivity index (χ2v) is 7.58. The van der Waals surface area contributed by atoms with E-state index in [0.717, 1.165) is 39.9 Å². The van der Waals surface area contributed by atoms with Crippen LogP contribution in [0.1, 0.15) is 30.0 Å². The maximum Gasteiger partial charge on any atom is 0.336 e. The van der Waals surface area contributed by atoms with Crippen molar-refractivity contribution in [3.05, 3.63) is 69.6 Å². The fourth-order valence-corrected chi connectivity index (χ4v) is 3.70. The molecule has 0 saturated heterocycles. The van der Waals surface area contributed by atoms with E-state index in [0.29, 0.717) is 30.1 Å². The number of para-hydroxylation sites is 2. The first-order valence-corrected chi connectivity index (χ1v) is 10.2. The monoisotopic (exact) mass is 409 g/mol. The molecule has 1 amide bonds. The first-order chi connectivity index (χ1) is 14.4. The number of carbonyl (C=O) groups is 1. The molecule has 0 aliphatic rings. The van der Waals surface area contributed by atoms with Crippen molar-refractivity contribution in [1.29, 1.82) is 0 Å². The van der Waals surface area contributed by atoms with E-state index in [2.05, 4.69) is 12.2 Å². The van der Waals surface area contributed by atoms with Crippen LogP contribution in [-0.2, 0) is 11.3 Å². The van der Waals surface area contributed by atoms with E-state index in [-0.39, 0.29) is 11.5 Å². The number of quaternary nitrogens is 1. The van der Waals surface area contributed by atoms with Crippen LogP contribution < -0.4 is 20.6 Å². The highest BCUT2D eigenvalue weighted by Crippen LogP contribution is 2.23. The van der Waals surface area contributed by atoms with Crippen molar-refractivity contribution < 1.29 is 18.8 Å². The largest absolute Gasteiger partial charge is 0.495 e. The van der Waals surface area contributed by atoms with Gasteiger partial charge in [0.2, 0.25) is 0 Å². The summed E-state index contributed by atoms with van der Waals surface area (Å²) < 4.78 is 10.8. The van der Waals surface area contributed by atoms with Crippen LogP contribution in [0, 0.1) is 13.8 Å². The minimum Gasteiger partial charge on any atom is -0.495 e. The van der Waals surface area contributed by atoms with Crippen LogP contribution in [-0.4, -0.2) is 26.1 Å². The third-order valence-corrected chi connectivity index (χ3v) is 5.35. The molecule has 2 aromatic carbocycles. The van der Waals surface area contributed by atoms with Crippen LogP contribution in [0.2, 0.25) is 0 Å². The number of carbonyl (C=O) groups excluding carboxylic acids is 1. The highest BCUT2D eigenvalue weighted by molar-refractivity contribution is 5.93. The number of ether oxygens (including phenoxy) is 1. The summed E-state index contributed by atoms with van der Waals surface area (Å²) >= 11 is 0. The van der Waals surface area contributed by atoms with E-state index in [9.17, 15) is 9.59 Å². The van der Waals surface area contributed by atoms with Gasteiger partial charge in [-0.2, -0.15) is 0 Å². The Morgan fingerprint density at radius 3 is 2.67 bits per heavy atom. The second kappa shape index (κ2) is 9.59. The molecule has 2 N–H and O–H groups in total. The number of methoxy groups -OCH3 is 1. The zero-order valence-electron chi connectivity index (χ0n) is 18.0. The van der Waals surface area contributed by atoms with Gasteiger partial charge in [0.05, 0.1) is 19.3 Å². The molecule has 0 aliphatic heterocycles. The Labute approximate surface area is 176 Å². The molecular weight excluding hydrogens is 380 g/mol. The number of anilines is 1. The number of aryl methyl sites for hydroxylation is 2. The van der Waals surface area contributed by atoms with Crippen LogP contribution in [0.4, 0.5) is 5.69 Å². The molecule has 1 heterocycles. The topological polar surface area (TPSA) is 73.0 Å². The first-order valence-electron chi connectivity index (χ1n) is 10.2. The molecule has 158 valence electrons. The van der Waals surface area contributed by atoms with Crippen molar-refractivity contribution >= 4 is 22.6 Å². The lowest BCUT2D eigenvalue weighted by molar-refractivity contribution is -0.905. The standard InChI is InChI=1S/C24H28N2O4/c1-5-12-26(15-22(27)25-20-8-6-7-9-21(20)29-4)14-18-13-23(28)30-24-17(3)16(2)10-11-19(18)24/h6-11,13H,5,12,14-15H2,1-4H3,(H,25,27)/p+1. The van der Waals surface area contributed by atoms with Crippen molar-refractivity contribution in [2.45, 2.75) is 33.7 Å². The Hall–Kier alpha value is -3.12. The molecular formula is C24H29N2O4+. The Bertz CT molecular complexity index is 1100. The predicted octanol–water partition coefficient (Wildman–Crippen LogP) is 2.85. The predicted molar refractivity (Wildman–Crippen MR) is 118 cm³/mol. The molecule has 3 rings (SSSR count). The third-order valence-electron chi connectivity index (χ3n) is 5.35. The summed E-state index contributed by atoms with van der Waals surface area (Å²) in [4.78, 5) is 26.0. The lowest BCUT2D eigenvalue weighted by Gasteiger charge is -2.20. The van der Waals surface area contributed by atoms with Crippen LogP contribution in [0.5, 0.6) is 5.75 Å². The van der Waals surface area contributed by atoms with Gasteiger partial charge >= 0.3 is 5.63 Å². The quantitative estimate of drug-likeness (QED) is 0.561. The molecule has 0 radical (unpaired) electrons. The SMILES string of the molecule is CCC[NH+](CC(=O)Nc1ccccc1OC)Cc1cc(=O)oc2c(C)c(C)ccc12. The van der Waals surface area contributed by atoms with Gasteiger partial charge in [-0.15, -0.1) is 0 Å². The Morgan fingerprint density at radius 2 is 1.93 bits per heavy atom. The molecule has 0 saturated carbocycles. The van der Waals surface area contributed by atoms with Gasteiger partial charge in [-0.3, -0.25) is 4.79 Å². The fourth-order valence-electron chi connectivity index (χ4n) is 3.70. The number of hydrogen-bond donors (Lipinski definition) is 2. The molecule has 1 unspecified atom stereocenters. The van der Waals surface area contributed by atoms with Crippen molar-refractivity contribution in [3.8, 4) is 5.75 Å². The van der Waals surface area contributed by atoms with Gasteiger partial charge < -0.3 is 19.4 Å². The highest BCUT2D eigenvalue weighted by atomic mass is 16.5. The van der Waals surface area contributed by atoms with Crippen LogP contribution in [0.15, 0.2) is 51.7 Å². The van der Waals surface area contributed by atoms with Crippen molar-refractivity contribution in [1.82, 2.24) is 0 Å². The summed E-state index contributed by atoms with van der Waals surface area (Å²) in [5.74, 6) is 0.530. The molecule has 0 fully saturated rings. The number of fused-ring (bicyclic) bond motifs is 1. The number of amides is 1. The van der Waals surface area contributed by atoms with E-state index >= 15 is 0 Å². The number of hydrogen-bond acceptors (Lipinski definition) is 4. The van der Waals surface area contributed by atoms with E-state index in [4.69, 9.17) is 9.15 Å². The molecule has 1 aromatic heterocycles. The van der Waals surface area contributed by atoms with E-state index in [1.807, 2.05) is 50.2 Å². The van der Waals surface area contributed by atoms with Gasteiger partial charge in [-0.1, -0.05) is 31.2 Å². The van der Waals surface area contributed by atoms with Gasteiger partial charge in [-0.25, -0.2) is 4.79 Å². The number of rotatable bonds is 8. The molecule has 3 aromatic rings. The van der Waals surface area contributed by atoms with Crippen molar-refractivity contribution in [2.75, 3.05) is 25.5 Å². The van der Waals surface area contributed by atoms with Crippen molar-refractivity contribution in [3.63, 3.8) is 0 Å². The molecule has 1 atom stereocenters. The number of nitrogens with one attached hydrogen (secondary N) is 2. The fraction of sp³-hybridized carbons (Fsp3) is 0.333. The highest BCUT2D eigenvalue weighted by Gasteiger charge is 2.18. The average molecular weight is 410 g/mol. The summed E-state index contributed by atoms with van der Waals surface area (Å²) in [6.07, 6.45) is 0.925. The lowest BCUT2D eigenvalue weighted by Crippen LogP contribution is -3.11. The maximum absolute atomic E-state index is 12.7. The minimum absolute atomic E-state index is 0.0951. The summed E-state index contributed by atoms with van der Waals surface area (Å²) in [6.45, 7) is 7.71. The van der Waals surface area contributed by atoms with Gasteiger partial charge in [0, 0.05) is 17.0 Å². The first kappa shape index (κ1) is 21.6. The number of benzene rings is 2. The molecule has 0 aliphatic carbocycles. The summed E-state index contributed by atoms with van der Waals surface area (Å²) in [5.41, 5.74) is 3.87. The summed E-state index contributed by atoms with van der Waals surface area (Å²) in [7, 11) is 1.58. The average Bonchev–Trinajstić information content (AvgIpc) is 2.71. The van der Waals surface area contributed by atoms with Crippen LogP contribution in [0.3, 0.4) is 0 Å². The van der Waals surface area contributed by atoms with Gasteiger partial charge in [-0.05, 0) is 43.5 Å². The lowest BCUT2D eigenvalue weighted by atomic mass is 10.0. The Kier molecular flexibility index (Phi) is 6.90. The summed E-state index contributed by atoms with van der Waals surface area (Å²) in [5, 5.41) is 3.86. The van der Waals surface area contributed by atoms with Gasteiger partial charge in [0.1, 0.15) is 17.9 Å². The zero-order valence-corrected chi connectivity index (χ0v) is 18.0. The van der Waals surface area contributed by atoms with Crippen molar-refractivity contribution in [2.24, 2.45) is 0 Å². The molecule has 0 spiro atoms. The minimum atomic E-state index is -0.361. The van der Waals surface area contributed by atoms with Crippen LogP contribution in [0.25, 0.3) is 11.0 Å². The molecule has 6 heteroatoms. The normalized spacial score (nSPS) is 12.0. The maximum atomic E-state index is 12.7. The smallest absolute Gasteiger partial charge is 0.336 e. The third kappa shape index (κ3) is 4.89. The second-order valence-electron chi connectivity index (χ2n) is 7.58. The summed E-state index contributed by atoms with van der Waals surface area (Å²) in [6, 6.07) is 12.9. The molecule has 6 nitrogen and oxygen atoms in total. The van der Waals surface area contributed by atoms with E-state index in [1.54, 1.807) is 13.2 Å². The molecule has 0 bridgehead atoms. The molecule has 30 heavy (non-hydrogen) atoms. The Balaban J connectivity index is 1.83.